The van der Waals surface area contributed by atoms with Crippen LogP contribution in [0.5, 0.6) is 0 Å². The molecule has 1 heterocycles. The SMILES string of the molecule is Cc1ccc2c(c1)C(=O)N(C(CCC(=O)O)N[C@@H](CC(C)C)C(=O)NCc1ccccc1)C2=O. The zero-order valence-electron chi connectivity index (χ0n) is 19.7. The van der Waals surface area contributed by atoms with E-state index in [0.29, 0.717) is 18.5 Å². The molecule has 2 aromatic rings. The van der Waals surface area contributed by atoms with Gasteiger partial charge in [-0.1, -0.05) is 55.8 Å². The van der Waals surface area contributed by atoms with Crippen LogP contribution in [-0.2, 0) is 16.1 Å². The Balaban J connectivity index is 1.82. The number of carbonyl (C=O) groups is 4. The molecular formula is C26H31N3O5. The van der Waals surface area contributed by atoms with Gasteiger partial charge in [-0.2, -0.15) is 0 Å². The molecule has 2 atom stereocenters. The summed E-state index contributed by atoms with van der Waals surface area (Å²) < 4.78 is 0. The third-order valence-electron chi connectivity index (χ3n) is 5.74. The van der Waals surface area contributed by atoms with Crippen LogP contribution in [0.25, 0.3) is 0 Å². The van der Waals surface area contributed by atoms with Gasteiger partial charge in [-0.25, -0.2) is 0 Å². The van der Waals surface area contributed by atoms with Gasteiger partial charge in [0.05, 0.1) is 23.3 Å². The van der Waals surface area contributed by atoms with Crippen molar-refractivity contribution in [1.82, 2.24) is 15.5 Å². The molecule has 0 radical (unpaired) electrons. The molecule has 0 saturated carbocycles. The summed E-state index contributed by atoms with van der Waals surface area (Å²) in [4.78, 5) is 51.7. The zero-order valence-corrected chi connectivity index (χ0v) is 19.7. The number of benzene rings is 2. The fraction of sp³-hybridized carbons (Fsp3) is 0.385. The number of amides is 3. The number of aryl methyl sites for hydroxylation is 1. The van der Waals surface area contributed by atoms with Crippen LogP contribution in [0.1, 0.15) is 65.0 Å². The molecule has 0 spiro atoms. The van der Waals surface area contributed by atoms with E-state index in [1.807, 2.05) is 51.1 Å². The summed E-state index contributed by atoms with van der Waals surface area (Å²) in [5.74, 6) is -2.15. The van der Waals surface area contributed by atoms with Gasteiger partial charge in [0.25, 0.3) is 11.8 Å². The van der Waals surface area contributed by atoms with Crippen molar-refractivity contribution in [2.75, 3.05) is 0 Å². The Bertz CT molecular complexity index is 1070. The van der Waals surface area contributed by atoms with Gasteiger partial charge in [0.1, 0.15) is 0 Å². The molecule has 0 fully saturated rings. The average molecular weight is 466 g/mol. The number of carboxylic acids is 1. The summed E-state index contributed by atoms with van der Waals surface area (Å²) in [6.07, 6.45) is -0.758. The topological polar surface area (TPSA) is 116 Å². The summed E-state index contributed by atoms with van der Waals surface area (Å²) in [6.45, 7) is 6.10. The van der Waals surface area contributed by atoms with Crippen molar-refractivity contribution in [3.63, 3.8) is 0 Å². The van der Waals surface area contributed by atoms with E-state index >= 15 is 0 Å². The number of rotatable bonds is 11. The maximum atomic E-state index is 13.1. The number of hydrogen-bond acceptors (Lipinski definition) is 5. The Morgan fingerprint density at radius 1 is 1.00 bits per heavy atom. The molecule has 0 saturated heterocycles. The average Bonchev–Trinajstić information content (AvgIpc) is 3.04. The van der Waals surface area contributed by atoms with Gasteiger partial charge in [0.2, 0.25) is 5.91 Å². The van der Waals surface area contributed by atoms with Crippen LogP contribution >= 0.6 is 0 Å². The van der Waals surface area contributed by atoms with E-state index in [-0.39, 0.29) is 30.2 Å². The van der Waals surface area contributed by atoms with Gasteiger partial charge in [-0.3, -0.25) is 29.4 Å². The van der Waals surface area contributed by atoms with Crippen LogP contribution in [-0.4, -0.2) is 45.9 Å². The van der Waals surface area contributed by atoms with Crippen molar-refractivity contribution in [2.45, 2.75) is 58.8 Å². The molecule has 2 aromatic carbocycles. The molecule has 3 N–H and O–H groups in total. The number of hydrogen-bond donors (Lipinski definition) is 3. The largest absolute Gasteiger partial charge is 0.481 e. The minimum absolute atomic E-state index is 0.0135. The number of nitrogens with zero attached hydrogens (tertiary/aromatic N) is 1. The summed E-state index contributed by atoms with van der Waals surface area (Å²) in [6, 6.07) is 13.8. The molecular weight excluding hydrogens is 434 g/mol. The van der Waals surface area contributed by atoms with Crippen molar-refractivity contribution < 1.29 is 24.3 Å². The van der Waals surface area contributed by atoms with Gasteiger partial charge >= 0.3 is 5.97 Å². The Morgan fingerprint density at radius 2 is 1.68 bits per heavy atom. The molecule has 0 bridgehead atoms. The highest BCUT2D eigenvalue weighted by molar-refractivity contribution is 6.21. The van der Waals surface area contributed by atoms with Gasteiger partial charge < -0.3 is 10.4 Å². The van der Waals surface area contributed by atoms with Crippen molar-refractivity contribution >= 4 is 23.7 Å². The molecule has 1 unspecified atom stereocenters. The molecule has 34 heavy (non-hydrogen) atoms. The van der Waals surface area contributed by atoms with Crippen molar-refractivity contribution in [3.8, 4) is 0 Å². The number of carboxylic acid groups (broad SMARTS) is 1. The van der Waals surface area contributed by atoms with Gasteiger partial charge in [0, 0.05) is 13.0 Å². The molecule has 3 amide bonds. The van der Waals surface area contributed by atoms with Gasteiger partial charge in [-0.15, -0.1) is 0 Å². The van der Waals surface area contributed by atoms with Crippen molar-refractivity contribution in [3.05, 3.63) is 70.8 Å². The highest BCUT2D eigenvalue weighted by atomic mass is 16.4. The molecule has 8 heteroatoms. The van der Waals surface area contributed by atoms with E-state index in [9.17, 15) is 24.3 Å². The second-order valence-corrected chi connectivity index (χ2v) is 9.03. The number of fused-ring (bicyclic) bond motifs is 1. The molecule has 0 aromatic heterocycles. The minimum atomic E-state index is -1.05. The van der Waals surface area contributed by atoms with E-state index < -0.39 is 30.0 Å². The maximum Gasteiger partial charge on any atom is 0.303 e. The molecule has 180 valence electrons. The summed E-state index contributed by atoms with van der Waals surface area (Å²) in [5, 5.41) is 15.3. The van der Waals surface area contributed by atoms with Crippen LogP contribution in [0.3, 0.4) is 0 Å². The van der Waals surface area contributed by atoms with Crippen LogP contribution in [0.15, 0.2) is 48.5 Å². The zero-order chi connectivity index (χ0) is 24.8. The standard InChI is InChI=1S/C26H31N3O5/c1-16(2)13-21(24(32)27-15-18-7-5-4-6-8-18)28-22(11-12-23(30)31)29-25(33)19-10-9-17(3)14-20(19)26(29)34/h4-10,14,16,21-22,28H,11-13,15H2,1-3H3,(H,27,32)(H,30,31)/t21-,22?/m0/s1. The number of aliphatic carboxylic acids is 1. The minimum Gasteiger partial charge on any atom is -0.481 e. The number of nitrogens with one attached hydrogen (secondary N) is 2. The lowest BCUT2D eigenvalue weighted by atomic mass is 10.0. The summed E-state index contributed by atoms with van der Waals surface area (Å²) in [7, 11) is 0. The first kappa shape index (κ1) is 25.1. The Labute approximate surface area is 199 Å². The van der Waals surface area contributed by atoms with Crippen LogP contribution < -0.4 is 10.6 Å². The fourth-order valence-electron chi connectivity index (χ4n) is 4.07. The maximum absolute atomic E-state index is 13.1. The highest BCUT2D eigenvalue weighted by Crippen LogP contribution is 2.27. The molecule has 1 aliphatic rings. The molecule has 8 nitrogen and oxygen atoms in total. The van der Waals surface area contributed by atoms with Crippen LogP contribution in [0, 0.1) is 12.8 Å². The Hall–Kier alpha value is -3.52. The van der Waals surface area contributed by atoms with Crippen LogP contribution in [0.4, 0.5) is 0 Å². The molecule has 3 rings (SSSR count). The van der Waals surface area contributed by atoms with E-state index in [4.69, 9.17) is 0 Å². The lowest BCUT2D eigenvalue weighted by molar-refractivity contribution is -0.137. The highest BCUT2D eigenvalue weighted by Gasteiger charge is 2.41. The Kier molecular flexibility index (Phi) is 8.17. The van der Waals surface area contributed by atoms with Gasteiger partial charge in [0.15, 0.2) is 0 Å². The smallest absolute Gasteiger partial charge is 0.303 e. The predicted octanol–water partition coefficient (Wildman–Crippen LogP) is 3.10. The predicted molar refractivity (Wildman–Crippen MR) is 127 cm³/mol. The first-order chi connectivity index (χ1) is 16.2. The number of carbonyl (C=O) groups excluding carboxylic acids is 3. The van der Waals surface area contributed by atoms with E-state index in [1.165, 1.54) is 0 Å². The first-order valence-electron chi connectivity index (χ1n) is 11.5. The molecule has 1 aliphatic heterocycles. The third-order valence-corrected chi connectivity index (χ3v) is 5.74. The van der Waals surface area contributed by atoms with E-state index in [0.717, 1.165) is 16.0 Å². The second-order valence-electron chi connectivity index (χ2n) is 9.03. The fourth-order valence-corrected chi connectivity index (χ4v) is 4.07. The normalized spacial score (nSPS) is 14.8. The van der Waals surface area contributed by atoms with Crippen molar-refractivity contribution in [2.24, 2.45) is 5.92 Å². The number of imide groups is 1. The lowest BCUT2D eigenvalue weighted by Crippen LogP contribution is -2.56. The van der Waals surface area contributed by atoms with Crippen LogP contribution in [0.2, 0.25) is 0 Å². The third kappa shape index (κ3) is 6.08. The quantitative estimate of drug-likeness (QED) is 0.439. The second kappa shape index (κ2) is 11.1. The summed E-state index contributed by atoms with van der Waals surface area (Å²) in [5.41, 5.74) is 2.36. The lowest BCUT2D eigenvalue weighted by Gasteiger charge is -2.31. The van der Waals surface area contributed by atoms with E-state index in [1.54, 1.807) is 18.2 Å². The van der Waals surface area contributed by atoms with Gasteiger partial charge in [-0.05, 0) is 43.4 Å². The summed E-state index contributed by atoms with van der Waals surface area (Å²) >= 11 is 0. The van der Waals surface area contributed by atoms with E-state index in [2.05, 4.69) is 10.6 Å². The Morgan fingerprint density at radius 3 is 2.32 bits per heavy atom. The van der Waals surface area contributed by atoms with Crippen molar-refractivity contribution in [1.29, 1.82) is 0 Å². The molecule has 0 aliphatic carbocycles. The first-order valence-corrected chi connectivity index (χ1v) is 11.5. The monoisotopic (exact) mass is 465 g/mol.